The summed E-state index contributed by atoms with van der Waals surface area (Å²) in [5, 5.41) is 3.21. The summed E-state index contributed by atoms with van der Waals surface area (Å²) in [6.07, 6.45) is 6.14. The van der Waals surface area contributed by atoms with Crippen molar-refractivity contribution in [3.05, 3.63) is 66.1 Å². The second-order valence-corrected chi connectivity index (χ2v) is 8.06. The van der Waals surface area contributed by atoms with Crippen LogP contribution in [0.5, 0.6) is 0 Å². The molecule has 2 aromatic heterocycles. The Hall–Kier alpha value is -2.99. The van der Waals surface area contributed by atoms with E-state index in [2.05, 4.69) is 50.5 Å². The minimum absolute atomic E-state index is 0.380. The standard InChI is InChI=1S/C24H30N6/c1-25-23-20(11-7-13-26-23)17-30-14-8-12-19(16-30)22-21(18-9-5-4-6-10-18)15-27-24(28-22)29(2)3/h4-7,9-11,13,15,19H,8,12,14,16-17H2,1-3H3,(H,25,26). The second-order valence-electron chi connectivity index (χ2n) is 8.06. The van der Waals surface area contributed by atoms with Crippen LogP contribution >= 0.6 is 0 Å². The first-order valence-electron chi connectivity index (χ1n) is 10.6. The molecule has 4 rings (SSSR count). The minimum Gasteiger partial charge on any atom is -0.373 e. The van der Waals surface area contributed by atoms with Gasteiger partial charge in [0.25, 0.3) is 0 Å². The zero-order valence-electron chi connectivity index (χ0n) is 18.0. The molecular weight excluding hydrogens is 372 g/mol. The molecule has 0 bridgehead atoms. The largest absolute Gasteiger partial charge is 0.373 e. The van der Waals surface area contributed by atoms with Gasteiger partial charge in [0.05, 0.1) is 5.69 Å². The Balaban J connectivity index is 1.63. The van der Waals surface area contributed by atoms with Crippen molar-refractivity contribution in [2.75, 3.05) is 44.4 Å². The molecule has 0 aliphatic carbocycles. The zero-order chi connectivity index (χ0) is 20.9. The molecule has 1 atom stereocenters. The van der Waals surface area contributed by atoms with Crippen molar-refractivity contribution in [2.45, 2.75) is 25.3 Å². The van der Waals surface area contributed by atoms with Crippen LogP contribution < -0.4 is 10.2 Å². The van der Waals surface area contributed by atoms with Gasteiger partial charge in [0.15, 0.2) is 0 Å². The molecule has 0 amide bonds. The van der Waals surface area contributed by atoms with Crippen molar-refractivity contribution in [2.24, 2.45) is 0 Å². The Morgan fingerprint density at radius 2 is 1.93 bits per heavy atom. The van der Waals surface area contributed by atoms with Crippen LogP contribution in [0.3, 0.4) is 0 Å². The minimum atomic E-state index is 0.380. The van der Waals surface area contributed by atoms with Crippen molar-refractivity contribution in [1.29, 1.82) is 0 Å². The predicted molar refractivity (Wildman–Crippen MR) is 123 cm³/mol. The van der Waals surface area contributed by atoms with Crippen molar-refractivity contribution in [3.8, 4) is 11.1 Å². The lowest BCUT2D eigenvalue weighted by atomic mass is 9.89. The van der Waals surface area contributed by atoms with Crippen LogP contribution in [-0.4, -0.2) is 54.1 Å². The first-order valence-corrected chi connectivity index (χ1v) is 10.6. The van der Waals surface area contributed by atoms with Crippen LogP contribution in [0.25, 0.3) is 11.1 Å². The molecule has 1 N–H and O–H groups in total. The third-order valence-electron chi connectivity index (χ3n) is 5.70. The molecule has 0 radical (unpaired) electrons. The summed E-state index contributed by atoms with van der Waals surface area (Å²) in [6, 6.07) is 14.7. The predicted octanol–water partition coefficient (Wildman–Crippen LogP) is 4.03. The monoisotopic (exact) mass is 402 g/mol. The van der Waals surface area contributed by atoms with Gasteiger partial charge in [-0.2, -0.15) is 0 Å². The van der Waals surface area contributed by atoms with Gasteiger partial charge in [0, 0.05) is 63.7 Å². The number of nitrogens with one attached hydrogen (secondary N) is 1. The number of aromatic nitrogens is 3. The number of benzene rings is 1. The van der Waals surface area contributed by atoms with Crippen LogP contribution in [0, 0.1) is 0 Å². The number of piperidine rings is 1. The molecule has 156 valence electrons. The Labute approximate surface area is 179 Å². The molecule has 1 aromatic carbocycles. The Kier molecular flexibility index (Phi) is 6.23. The average Bonchev–Trinajstić information content (AvgIpc) is 2.80. The second kappa shape index (κ2) is 9.22. The van der Waals surface area contributed by atoms with Gasteiger partial charge < -0.3 is 10.2 Å². The number of hydrogen-bond donors (Lipinski definition) is 1. The van der Waals surface area contributed by atoms with E-state index in [9.17, 15) is 0 Å². The lowest BCUT2D eigenvalue weighted by Gasteiger charge is -2.33. The molecule has 1 aliphatic rings. The van der Waals surface area contributed by atoms with E-state index in [4.69, 9.17) is 4.98 Å². The summed E-state index contributed by atoms with van der Waals surface area (Å²) in [6.45, 7) is 2.98. The topological polar surface area (TPSA) is 57.2 Å². The molecule has 0 saturated carbocycles. The number of pyridine rings is 1. The number of rotatable bonds is 6. The third kappa shape index (κ3) is 4.44. The van der Waals surface area contributed by atoms with E-state index in [-0.39, 0.29) is 0 Å². The van der Waals surface area contributed by atoms with Crippen LogP contribution in [-0.2, 0) is 6.54 Å². The maximum atomic E-state index is 5.01. The van der Waals surface area contributed by atoms with E-state index < -0.39 is 0 Å². The first kappa shape index (κ1) is 20.3. The molecular formula is C24H30N6. The summed E-state index contributed by atoms with van der Waals surface area (Å²) in [7, 11) is 5.92. The van der Waals surface area contributed by atoms with Crippen LogP contribution in [0.2, 0.25) is 0 Å². The molecule has 30 heavy (non-hydrogen) atoms. The normalized spacial score (nSPS) is 17.0. The molecule has 6 nitrogen and oxygen atoms in total. The maximum absolute atomic E-state index is 5.01. The first-order chi connectivity index (χ1) is 14.7. The van der Waals surface area contributed by atoms with Crippen molar-refractivity contribution in [3.63, 3.8) is 0 Å². The highest BCUT2D eigenvalue weighted by molar-refractivity contribution is 5.66. The quantitative estimate of drug-likeness (QED) is 0.672. The summed E-state index contributed by atoms with van der Waals surface area (Å²) in [5.74, 6) is 2.11. The third-order valence-corrected chi connectivity index (χ3v) is 5.70. The SMILES string of the molecule is CNc1ncccc1CN1CCCC(c2nc(N(C)C)ncc2-c2ccccc2)C1. The zero-order valence-corrected chi connectivity index (χ0v) is 18.0. The van der Waals surface area contributed by atoms with Gasteiger partial charge in [-0.05, 0) is 31.0 Å². The lowest BCUT2D eigenvalue weighted by molar-refractivity contribution is 0.199. The van der Waals surface area contributed by atoms with Gasteiger partial charge in [-0.25, -0.2) is 15.0 Å². The lowest BCUT2D eigenvalue weighted by Crippen LogP contribution is -2.34. The van der Waals surface area contributed by atoms with Crippen molar-refractivity contribution < 1.29 is 0 Å². The molecule has 1 saturated heterocycles. The van der Waals surface area contributed by atoms with E-state index in [1.54, 1.807) is 0 Å². The van der Waals surface area contributed by atoms with Crippen molar-refractivity contribution in [1.82, 2.24) is 19.9 Å². The van der Waals surface area contributed by atoms with E-state index in [1.807, 2.05) is 50.6 Å². The van der Waals surface area contributed by atoms with Crippen molar-refractivity contribution >= 4 is 11.8 Å². The van der Waals surface area contributed by atoms with Gasteiger partial charge in [-0.15, -0.1) is 0 Å². The molecule has 1 unspecified atom stereocenters. The van der Waals surface area contributed by atoms with Gasteiger partial charge >= 0.3 is 0 Å². The van der Waals surface area contributed by atoms with Crippen LogP contribution in [0.4, 0.5) is 11.8 Å². The maximum Gasteiger partial charge on any atom is 0.225 e. The number of hydrogen-bond acceptors (Lipinski definition) is 6. The van der Waals surface area contributed by atoms with E-state index >= 15 is 0 Å². The van der Waals surface area contributed by atoms with Crippen LogP contribution in [0.1, 0.15) is 30.0 Å². The van der Waals surface area contributed by atoms with E-state index in [0.29, 0.717) is 5.92 Å². The summed E-state index contributed by atoms with van der Waals surface area (Å²) in [5.41, 5.74) is 4.72. The van der Waals surface area contributed by atoms with Gasteiger partial charge in [-0.1, -0.05) is 36.4 Å². The molecule has 1 aliphatic heterocycles. The van der Waals surface area contributed by atoms with Gasteiger partial charge in [0.2, 0.25) is 5.95 Å². The summed E-state index contributed by atoms with van der Waals surface area (Å²) >= 11 is 0. The Morgan fingerprint density at radius 3 is 2.70 bits per heavy atom. The van der Waals surface area contributed by atoms with Crippen LogP contribution in [0.15, 0.2) is 54.9 Å². The molecule has 6 heteroatoms. The fraction of sp³-hybridized carbons (Fsp3) is 0.375. The summed E-state index contributed by atoms with van der Waals surface area (Å²) in [4.78, 5) is 18.6. The van der Waals surface area contributed by atoms with Gasteiger partial charge in [0.1, 0.15) is 5.82 Å². The fourth-order valence-corrected chi connectivity index (χ4v) is 4.21. The highest BCUT2D eigenvalue weighted by atomic mass is 15.2. The Bertz CT molecular complexity index is 972. The number of likely N-dealkylation sites (tertiary alicyclic amines) is 1. The molecule has 1 fully saturated rings. The number of anilines is 2. The van der Waals surface area contributed by atoms with E-state index in [1.165, 1.54) is 11.1 Å². The summed E-state index contributed by atoms with van der Waals surface area (Å²) < 4.78 is 0. The molecule has 0 spiro atoms. The average molecular weight is 403 g/mol. The Morgan fingerprint density at radius 1 is 1.10 bits per heavy atom. The smallest absolute Gasteiger partial charge is 0.225 e. The molecule has 3 heterocycles. The van der Waals surface area contributed by atoms with Gasteiger partial charge in [-0.3, -0.25) is 4.90 Å². The fourth-order valence-electron chi connectivity index (χ4n) is 4.21. The highest BCUT2D eigenvalue weighted by Crippen LogP contribution is 2.34. The molecule has 3 aromatic rings. The highest BCUT2D eigenvalue weighted by Gasteiger charge is 2.26. The number of nitrogens with zero attached hydrogens (tertiary/aromatic N) is 5. The van der Waals surface area contributed by atoms with E-state index in [0.717, 1.165) is 55.5 Å².